The smallest absolute Gasteiger partial charge is 0.274 e. The first-order valence-electron chi connectivity index (χ1n) is 9.10. The van der Waals surface area contributed by atoms with Gasteiger partial charge in [-0.05, 0) is 25.0 Å². The number of aromatic nitrogens is 1. The predicted octanol–water partition coefficient (Wildman–Crippen LogP) is 4.10. The molecule has 4 rings (SSSR count). The number of halogens is 2. The molecule has 148 valence electrons. The molecule has 1 aromatic heterocycles. The van der Waals surface area contributed by atoms with Crippen molar-refractivity contribution in [1.29, 1.82) is 0 Å². The summed E-state index contributed by atoms with van der Waals surface area (Å²) in [5.74, 6) is 0.936. The van der Waals surface area contributed by atoms with E-state index in [4.69, 9.17) is 11.6 Å². The fourth-order valence-electron chi connectivity index (χ4n) is 3.50. The Kier molecular flexibility index (Phi) is 5.89. The lowest BCUT2D eigenvalue weighted by Crippen LogP contribution is -2.38. The fourth-order valence-corrected chi connectivity index (χ4v) is 5.65. The van der Waals surface area contributed by atoms with Gasteiger partial charge in [0.2, 0.25) is 0 Å². The normalized spacial score (nSPS) is 17.9. The summed E-state index contributed by atoms with van der Waals surface area (Å²) < 4.78 is 14.0. The molecule has 0 saturated carbocycles. The Hall–Kier alpha value is -1.64. The van der Waals surface area contributed by atoms with Gasteiger partial charge in [0, 0.05) is 36.7 Å². The third-order valence-corrected chi connectivity index (χ3v) is 7.38. The zero-order chi connectivity index (χ0) is 19.7. The van der Waals surface area contributed by atoms with Crippen LogP contribution in [0.5, 0.6) is 0 Å². The second kappa shape index (κ2) is 8.39. The van der Waals surface area contributed by atoms with Gasteiger partial charge >= 0.3 is 0 Å². The van der Waals surface area contributed by atoms with Gasteiger partial charge in [0.15, 0.2) is 0 Å². The van der Waals surface area contributed by atoms with E-state index in [1.807, 2.05) is 10.3 Å². The third kappa shape index (κ3) is 3.90. The van der Waals surface area contributed by atoms with Crippen LogP contribution in [0.4, 0.5) is 4.39 Å². The van der Waals surface area contributed by atoms with Gasteiger partial charge in [0.05, 0.1) is 21.5 Å². The molecule has 5 nitrogen and oxygen atoms in total. The van der Waals surface area contributed by atoms with Crippen molar-refractivity contribution in [2.75, 3.05) is 31.3 Å². The van der Waals surface area contributed by atoms with Gasteiger partial charge in [-0.1, -0.05) is 17.7 Å². The van der Waals surface area contributed by atoms with Crippen molar-refractivity contribution >= 4 is 46.5 Å². The molecule has 0 spiro atoms. The van der Waals surface area contributed by atoms with Gasteiger partial charge in [0.25, 0.3) is 11.8 Å². The Morgan fingerprint density at radius 1 is 1.14 bits per heavy atom. The van der Waals surface area contributed by atoms with Gasteiger partial charge in [-0.2, -0.15) is 0 Å². The minimum atomic E-state index is -0.595. The second-order valence-corrected chi connectivity index (χ2v) is 9.21. The Morgan fingerprint density at radius 3 is 2.61 bits per heavy atom. The first-order valence-corrected chi connectivity index (χ1v) is 11.5. The topological polar surface area (TPSA) is 53.5 Å². The van der Waals surface area contributed by atoms with Gasteiger partial charge in [0.1, 0.15) is 11.5 Å². The molecule has 2 saturated heterocycles. The third-order valence-electron chi connectivity index (χ3n) is 5.09. The van der Waals surface area contributed by atoms with E-state index in [0.717, 1.165) is 36.0 Å². The summed E-state index contributed by atoms with van der Waals surface area (Å²) in [4.78, 5) is 33.2. The Labute approximate surface area is 175 Å². The highest BCUT2D eigenvalue weighted by molar-refractivity contribution is 7.99. The van der Waals surface area contributed by atoms with E-state index in [1.165, 1.54) is 29.5 Å². The molecular weight excluding hydrogens is 421 g/mol. The van der Waals surface area contributed by atoms with Crippen LogP contribution in [0.3, 0.4) is 0 Å². The van der Waals surface area contributed by atoms with Crippen LogP contribution in [0.1, 0.15) is 44.6 Å². The van der Waals surface area contributed by atoms with Crippen LogP contribution in [0.2, 0.25) is 5.02 Å². The van der Waals surface area contributed by atoms with E-state index in [9.17, 15) is 14.0 Å². The summed E-state index contributed by atoms with van der Waals surface area (Å²) >= 11 is 9.28. The van der Waals surface area contributed by atoms with Crippen molar-refractivity contribution in [2.24, 2.45) is 0 Å². The number of hydrogen-bond acceptors (Lipinski definition) is 5. The monoisotopic (exact) mass is 439 g/mol. The van der Waals surface area contributed by atoms with E-state index < -0.39 is 5.82 Å². The van der Waals surface area contributed by atoms with Crippen molar-refractivity contribution in [1.82, 2.24) is 14.8 Å². The van der Waals surface area contributed by atoms with Crippen molar-refractivity contribution in [3.8, 4) is 0 Å². The zero-order valence-corrected chi connectivity index (χ0v) is 17.5. The molecule has 3 heterocycles. The number of carbonyl (C=O) groups excluding carboxylic acids is 2. The molecule has 0 atom stereocenters. The van der Waals surface area contributed by atoms with Crippen molar-refractivity contribution in [3.05, 3.63) is 50.7 Å². The number of benzene rings is 1. The van der Waals surface area contributed by atoms with Crippen LogP contribution in [0, 0.1) is 5.82 Å². The number of likely N-dealkylation sites (tertiary alicyclic amines) is 1. The van der Waals surface area contributed by atoms with Crippen LogP contribution in [0.15, 0.2) is 23.6 Å². The van der Waals surface area contributed by atoms with Crippen molar-refractivity contribution < 1.29 is 14.0 Å². The summed E-state index contributed by atoms with van der Waals surface area (Å²) in [5, 5.41) is 2.90. The quantitative estimate of drug-likeness (QED) is 0.722. The summed E-state index contributed by atoms with van der Waals surface area (Å²) in [6.45, 7) is 1.80. The highest BCUT2D eigenvalue weighted by Gasteiger charge is 2.30. The SMILES string of the molecule is O=C(c1csc(C2CCN(C(=O)c3c(F)cccc3Cl)CC2)n1)N1CCSC1. The summed E-state index contributed by atoms with van der Waals surface area (Å²) in [6, 6.07) is 4.26. The maximum Gasteiger partial charge on any atom is 0.274 e. The van der Waals surface area contributed by atoms with Crippen LogP contribution in [-0.4, -0.2) is 57.9 Å². The van der Waals surface area contributed by atoms with Gasteiger partial charge in [-0.25, -0.2) is 9.37 Å². The van der Waals surface area contributed by atoms with E-state index in [0.29, 0.717) is 18.8 Å². The molecule has 28 heavy (non-hydrogen) atoms. The molecule has 9 heteroatoms. The maximum atomic E-state index is 14.0. The van der Waals surface area contributed by atoms with Gasteiger partial charge in [-0.15, -0.1) is 23.1 Å². The zero-order valence-electron chi connectivity index (χ0n) is 15.1. The molecule has 0 radical (unpaired) electrons. The molecule has 2 aromatic rings. The number of rotatable bonds is 3. The first kappa shape index (κ1) is 19.7. The number of thioether (sulfide) groups is 1. The van der Waals surface area contributed by atoms with E-state index in [1.54, 1.807) is 16.7 Å². The highest BCUT2D eigenvalue weighted by Crippen LogP contribution is 2.32. The van der Waals surface area contributed by atoms with E-state index in [-0.39, 0.29) is 28.3 Å². The molecule has 0 unspecified atom stereocenters. The average molecular weight is 440 g/mol. The van der Waals surface area contributed by atoms with Crippen LogP contribution in [-0.2, 0) is 0 Å². The Bertz CT molecular complexity index is 873. The Morgan fingerprint density at radius 2 is 1.93 bits per heavy atom. The van der Waals surface area contributed by atoms with E-state index in [2.05, 4.69) is 4.98 Å². The standard InChI is InChI=1S/C19H19ClFN3O2S2/c20-13-2-1-3-14(21)16(13)19(26)23-6-4-12(5-7-23)17-22-15(10-28-17)18(25)24-8-9-27-11-24/h1-3,10,12H,4-9,11H2. The number of piperidine rings is 1. The molecule has 0 aliphatic carbocycles. The van der Waals surface area contributed by atoms with Crippen LogP contribution < -0.4 is 0 Å². The number of amides is 2. The minimum Gasteiger partial charge on any atom is -0.338 e. The molecule has 0 bridgehead atoms. The molecule has 0 N–H and O–H groups in total. The van der Waals surface area contributed by atoms with Gasteiger partial charge in [-0.3, -0.25) is 9.59 Å². The lowest BCUT2D eigenvalue weighted by molar-refractivity contribution is 0.0708. The predicted molar refractivity (Wildman–Crippen MR) is 110 cm³/mol. The van der Waals surface area contributed by atoms with Crippen molar-refractivity contribution in [2.45, 2.75) is 18.8 Å². The number of nitrogens with zero attached hydrogens (tertiary/aromatic N) is 3. The fraction of sp³-hybridized carbons (Fsp3) is 0.421. The molecular formula is C19H19ClFN3O2S2. The lowest BCUT2D eigenvalue weighted by atomic mass is 9.97. The Balaban J connectivity index is 1.39. The summed E-state index contributed by atoms with van der Waals surface area (Å²) in [5.41, 5.74) is 0.451. The number of thiazole rings is 1. The average Bonchev–Trinajstić information content (AvgIpc) is 3.40. The number of hydrogen-bond donors (Lipinski definition) is 0. The summed E-state index contributed by atoms with van der Waals surface area (Å²) in [6.07, 6.45) is 1.47. The molecule has 2 aliphatic rings. The van der Waals surface area contributed by atoms with Gasteiger partial charge < -0.3 is 9.80 Å². The van der Waals surface area contributed by atoms with E-state index >= 15 is 0 Å². The second-order valence-electron chi connectivity index (χ2n) is 6.84. The maximum absolute atomic E-state index is 14.0. The lowest BCUT2D eigenvalue weighted by Gasteiger charge is -2.31. The molecule has 1 aromatic carbocycles. The number of carbonyl (C=O) groups is 2. The summed E-state index contributed by atoms with van der Waals surface area (Å²) in [7, 11) is 0. The highest BCUT2D eigenvalue weighted by atomic mass is 35.5. The largest absolute Gasteiger partial charge is 0.338 e. The molecule has 2 amide bonds. The van der Waals surface area contributed by atoms with Crippen molar-refractivity contribution in [3.63, 3.8) is 0 Å². The van der Waals surface area contributed by atoms with Crippen LogP contribution in [0.25, 0.3) is 0 Å². The molecule has 2 aliphatic heterocycles. The van der Waals surface area contributed by atoms with Crippen LogP contribution >= 0.6 is 34.7 Å². The first-order chi connectivity index (χ1) is 13.5. The minimum absolute atomic E-state index is 0.00527. The molecule has 2 fully saturated rings.